The Bertz CT molecular complexity index is 623. The normalized spacial score (nSPS) is 18.1. The second kappa shape index (κ2) is 6.32. The summed E-state index contributed by atoms with van der Waals surface area (Å²) in [6.45, 7) is 1.95. The third-order valence-corrected chi connectivity index (χ3v) is 4.04. The van der Waals surface area contributed by atoms with Gasteiger partial charge in [-0.25, -0.2) is 4.98 Å². The first-order valence-corrected chi connectivity index (χ1v) is 7.72. The summed E-state index contributed by atoms with van der Waals surface area (Å²) in [5.41, 5.74) is 8.45. The largest absolute Gasteiger partial charge is 0.384 e. The molecule has 1 fully saturated rings. The van der Waals surface area contributed by atoms with E-state index < -0.39 is 0 Å². The smallest absolute Gasteiger partial charge is 0.227 e. The number of aromatic nitrogens is 2. The number of nitrogens with zero attached hydrogens (tertiary/aromatic N) is 4. The fourth-order valence-electron chi connectivity index (χ4n) is 3.06. The second-order valence-electron chi connectivity index (χ2n) is 6.11. The van der Waals surface area contributed by atoms with Gasteiger partial charge >= 0.3 is 0 Å². The summed E-state index contributed by atoms with van der Waals surface area (Å²) >= 11 is 0. The zero-order valence-electron chi connectivity index (χ0n) is 13.2. The summed E-state index contributed by atoms with van der Waals surface area (Å²) in [6, 6.07) is 11.0. The molecular formula is C17H23N5. The van der Waals surface area contributed by atoms with E-state index in [0.717, 1.165) is 31.9 Å². The van der Waals surface area contributed by atoms with Gasteiger partial charge in [0, 0.05) is 19.3 Å². The van der Waals surface area contributed by atoms with Crippen molar-refractivity contribution in [1.29, 1.82) is 0 Å². The van der Waals surface area contributed by atoms with Gasteiger partial charge < -0.3 is 15.5 Å². The van der Waals surface area contributed by atoms with Crippen molar-refractivity contribution >= 4 is 11.8 Å². The number of hydrogen-bond acceptors (Lipinski definition) is 5. The minimum absolute atomic E-state index is 0.343. The molecule has 0 spiro atoms. The monoisotopic (exact) mass is 297 g/mol. The third-order valence-electron chi connectivity index (χ3n) is 4.04. The minimum atomic E-state index is 0.343. The first-order valence-electron chi connectivity index (χ1n) is 7.72. The standard InChI is InChI=1S/C17H23N5/c1-21(2)12-13-5-7-14(8-6-13)15-4-3-11-22(15)17-19-10-9-16(18)20-17/h5-10,15H,3-4,11-12H2,1-2H3,(H2,18,19,20). The predicted molar refractivity (Wildman–Crippen MR) is 89.6 cm³/mol. The van der Waals surface area contributed by atoms with Gasteiger partial charge in [-0.3, -0.25) is 0 Å². The molecule has 1 unspecified atom stereocenters. The van der Waals surface area contributed by atoms with Crippen molar-refractivity contribution in [1.82, 2.24) is 14.9 Å². The van der Waals surface area contributed by atoms with Crippen LogP contribution in [0, 0.1) is 0 Å². The van der Waals surface area contributed by atoms with Crippen LogP contribution >= 0.6 is 0 Å². The van der Waals surface area contributed by atoms with E-state index in [1.54, 1.807) is 12.3 Å². The lowest BCUT2D eigenvalue weighted by Gasteiger charge is -2.25. The van der Waals surface area contributed by atoms with Crippen molar-refractivity contribution in [3.8, 4) is 0 Å². The fourth-order valence-corrected chi connectivity index (χ4v) is 3.06. The molecule has 5 nitrogen and oxygen atoms in total. The van der Waals surface area contributed by atoms with Gasteiger partial charge in [0.1, 0.15) is 5.82 Å². The molecule has 0 bridgehead atoms. The Balaban J connectivity index is 1.81. The number of rotatable bonds is 4. The summed E-state index contributed by atoms with van der Waals surface area (Å²) in [5, 5.41) is 0. The summed E-state index contributed by atoms with van der Waals surface area (Å²) in [6.07, 6.45) is 4.01. The quantitative estimate of drug-likeness (QED) is 0.939. The molecule has 0 radical (unpaired) electrons. The van der Waals surface area contributed by atoms with Crippen molar-refractivity contribution < 1.29 is 0 Å². The highest BCUT2D eigenvalue weighted by Crippen LogP contribution is 2.34. The molecule has 3 rings (SSSR count). The third kappa shape index (κ3) is 3.20. The number of nitrogens with two attached hydrogens (primary N) is 1. The van der Waals surface area contributed by atoms with Crippen LogP contribution in [0.3, 0.4) is 0 Å². The lowest BCUT2D eigenvalue weighted by atomic mass is 10.0. The molecule has 0 aliphatic carbocycles. The molecule has 2 N–H and O–H groups in total. The van der Waals surface area contributed by atoms with Crippen LogP contribution in [-0.2, 0) is 6.54 Å². The number of hydrogen-bond donors (Lipinski definition) is 1. The topological polar surface area (TPSA) is 58.3 Å². The number of anilines is 2. The number of nitrogen functional groups attached to an aromatic ring is 1. The van der Waals surface area contributed by atoms with Gasteiger partial charge in [0.15, 0.2) is 0 Å². The van der Waals surface area contributed by atoms with E-state index in [1.165, 1.54) is 11.1 Å². The van der Waals surface area contributed by atoms with Crippen LogP contribution in [0.5, 0.6) is 0 Å². The molecule has 1 aromatic heterocycles. The van der Waals surface area contributed by atoms with Gasteiger partial charge in [-0.15, -0.1) is 0 Å². The molecule has 2 aromatic rings. The lowest BCUT2D eigenvalue weighted by molar-refractivity contribution is 0.402. The van der Waals surface area contributed by atoms with E-state index in [9.17, 15) is 0 Å². The van der Waals surface area contributed by atoms with Gasteiger partial charge in [-0.05, 0) is 44.1 Å². The Kier molecular flexibility index (Phi) is 4.24. The maximum absolute atomic E-state index is 5.79. The van der Waals surface area contributed by atoms with E-state index in [2.05, 4.69) is 58.1 Å². The van der Waals surface area contributed by atoms with Crippen molar-refractivity contribution in [2.75, 3.05) is 31.3 Å². The summed E-state index contributed by atoms with van der Waals surface area (Å²) in [7, 11) is 4.17. The van der Waals surface area contributed by atoms with Crippen LogP contribution in [-0.4, -0.2) is 35.5 Å². The average Bonchev–Trinajstić information content (AvgIpc) is 2.97. The Labute approximate surface area is 131 Å². The van der Waals surface area contributed by atoms with Crippen molar-refractivity contribution in [3.63, 3.8) is 0 Å². The zero-order chi connectivity index (χ0) is 15.5. The summed E-state index contributed by atoms with van der Waals surface area (Å²) in [4.78, 5) is 13.2. The highest BCUT2D eigenvalue weighted by molar-refractivity contribution is 5.42. The van der Waals surface area contributed by atoms with E-state index in [4.69, 9.17) is 5.73 Å². The van der Waals surface area contributed by atoms with Gasteiger partial charge in [0.2, 0.25) is 5.95 Å². The molecule has 1 aromatic carbocycles. The molecule has 1 saturated heterocycles. The fraction of sp³-hybridized carbons (Fsp3) is 0.412. The molecule has 5 heteroatoms. The molecule has 1 aliphatic rings. The SMILES string of the molecule is CN(C)Cc1ccc(C2CCCN2c2nccc(N)n2)cc1. The van der Waals surface area contributed by atoms with Gasteiger partial charge in [-0.2, -0.15) is 4.98 Å². The highest BCUT2D eigenvalue weighted by atomic mass is 15.3. The summed E-state index contributed by atoms with van der Waals surface area (Å²) < 4.78 is 0. The molecule has 1 atom stereocenters. The van der Waals surface area contributed by atoms with Gasteiger partial charge in [0.25, 0.3) is 0 Å². The molecule has 0 amide bonds. The molecule has 116 valence electrons. The summed E-state index contributed by atoms with van der Waals surface area (Å²) in [5.74, 6) is 1.26. The van der Waals surface area contributed by atoms with E-state index >= 15 is 0 Å². The lowest BCUT2D eigenvalue weighted by Crippen LogP contribution is -2.24. The first-order chi connectivity index (χ1) is 10.6. The minimum Gasteiger partial charge on any atom is -0.384 e. The van der Waals surface area contributed by atoms with Gasteiger partial charge in [0.05, 0.1) is 6.04 Å². The van der Waals surface area contributed by atoms with E-state index in [1.807, 2.05) is 0 Å². The van der Waals surface area contributed by atoms with Crippen molar-refractivity contribution in [2.24, 2.45) is 0 Å². The van der Waals surface area contributed by atoms with Crippen molar-refractivity contribution in [2.45, 2.75) is 25.4 Å². The molecule has 2 heterocycles. The maximum atomic E-state index is 5.79. The van der Waals surface area contributed by atoms with Crippen LogP contribution in [0.25, 0.3) is 0 Å². The average molecular weight is 297 g/mol. The molecule has 22 heavy (non-hydrogen) atoms. The Morgan fingerprint density at radius 1 is 1.23 bits per heavy atom. The Morgan fingerprint density at radius 3 is 2.68 bits per heavy atom. The molecule has 0 saturated carbocycles. The van der Waals surface area contributed by atoms with Crippen LogP contribution in [0.2, 0.25) is 0 Å². The molecule has 1 aliphatic heterocycles. The van der Waals surface area contributed by atoms with Crippen molar-refractivity contribution in [3.05, 3.63) is 47.7 Å². The maximum Gasteiger partial charge on any atom is 0.227 e. The Hall–Kier alpha value is -2.14. The van der Waals surface area contributed by atoms with Gasteiger partial charge in [-0.1, -0.05) is 24.3 Å². The number of benzene rings is 1. The highest BCUT2D eigenvalue weighted by Gasteiger charge is 2.28. The first kappa shape index (κ1) is 14.8. The second-order valence-corrected chi connectivity index (χ2v) is 6.11. The predicted octanol–water partition coefficient (Wildman–Crippen LogP) is 2.46. The Morgan fingerprint density at radius 2 is 2.00 bits per heavy atom. The van der Waals surface area contributed by atoms with Crippen LogP contribution < -0.4 is 10.6 Å². The van der Waals surface area contributed by atoms with Crippen LogP contribution in [0.4, 0.5) is 11.8 Å². The zero-order valence-corrected chi connectivity index (χ0v) is 13.2. The van der Waals surface area contributed by atoms with Crippen LogP contribution in [0.1, 0.15) is 30.0 Å². The van der Waals surface area contributed by atoms with Crippen LogP contribution in [0.15, 0.2) is 36.5 Å². The van der Waals surface area contributed by atoms with E-state index in [0.29, 0.717) is 11.9 Å². The van der Waals surface area contributed by atoms with E-state index in [-0.39, 0.29) is 0 Å². The molecular weight excluding hydrogens is 274 g/mol.